The molecule has 0 aliphatic carbocycles. The number of phenols is 4. The van der Waals surface area contributed by atoms with Crippen molar-refractivity contribution in [1.82, 2.24) is 26.3 Å². The van der Waals surface area contributed by atoms with Crippen LogP contribution in [0.25, 0.3) is 0 Å². The highest BCUT2D eigenvalue weighted by atomic mass is 16.7. The zero-order valence-electron chi connectivity index (χ0n) is 25.2. The molecule has 8 N–H and O–H groups in total. The van der Waals surface area contributed by atoms with Crippen LogP contribution in [0.2, 0.25) is 0 Å². The summed E-state index contributed by atoms with van der Waals surface area (Å²) in [5, 5.41) is 47.0. The van der Waals surface area contributed by atoms with Gasteiger partial charge in [-0.05, 0) is 57.9 Å². The van der Waals surface area contributed by atoms with E-state index in [2.05, 4.69) is 16.0 Å². The number of ether oxygens (including phenoxy) is 1. The van der Waals surface area contributed by atoms with E-state index in [0.29, 0.717) is 12.8 Å². The molecule has 45 heavy (non-hydrogen) atoms. The standard InChI is InChI=1S/C29H39N5O11/c1-29(2,3)45-28(43)33-44-17-23(38)31-14-13-30-22(37)16-34(27(42)19-9-7-11-21(36)25(19)40)15-5-4-12-32-26(41)18-8-6-10-20(35)24(18)39/h6-11,35-36,39-40H,4-5,12-17H2,1-3H3,(H,30,37)(H,31,38)(H,32,41)(H,33,43). The number of hydrogen-bond acceptors (Lipinski definition) is 11. The van der Waals surface area contributed by atoms with E-state index in [4.69, 9.17) is 9.57 Å². The minimum atomic E-state index is -0.862. The summed E-state index contributed by atoms with van der Waals surface area (Å²) in [6, 6.07) is 7.83. The van der Waals surface area contributed by atoms with Gasteiger partial charge in [-0.2, -0.15) is 5.48 Å². The Bertz CT molecular complexity index is 1360. The highest BCUT2D eigenvalue weighted by Gasteiger charge is 2.23. The van der Waals surface area contributed by atoms with Crippen LogP contribution in [0.3, 0.4) is 0 Å². The summed E-state index contributed by atoms with van der Waals surface area (Å²) in [4.78, 5) is 67.4. The van der Waals surface area contributed by atoms with Crippen molar-refractivity contribution in [3.05, 3.63) is 47.5 Å². The molecule has 2 aromatic carbocycles. The van der Waals surface area contributed by atoms with E-state index in [1.165, 1.54) is 36.4 Å². The summed E-state index contributed by atoms with van der Waals surface area (Å²) in [7, 11) is 0. The third kappa shape index (κ3) is 12.5. The summed E-state index contributed by atoms with van der Waals surface area (Å²) >= 11 is 0. The highest BCUT2D eigenvalue weighted by molar-refractivity contribution is 5.99. The Kier molecular flexibility index (Phi) is 13.7. The first kappa shape index (κ1) is 35.9. The van der Waals surface area contributed by atoms with Crippen molar-refractivity contribution in [2.45, 2.75) is 39.2 Å². The van der Waals surface area contributed by atoms with Crippen molar-refractivity contribution in [2.75, 3.05) is 39.3 Å². The molecule has 0 bridgehead atoms. The van der Waals surface area contributed by atoms with Gasteiger partial charge in [-0.25, -0.2) is 4.79 Å². The van der Waals surface area contributed by atoms with Gasteiger partial charge in [0, 0.05) is 26.2 Å². The van der Waals surface area contributed by atoms with Gasteiger partial charge in [-0.1, -0.05) is 12.1 Å². The van der Waals surface area contributed by atoms with Crippen LogP contribution in [0.1, 0.15) is 54.3 Å². The topological polar surface area (TPSA) is 236 Å². The average molecular weight is 634 g/mol. The van der Waals surface area contributed by atoms with Gasteiger partial charge in [0.1, 0.15) is 5.60 Å². The van der Waals surface area contributed by atoms with E-state index >= 15 is 0 Å². The molecule has 2 rings (SSSR count). The molecule has 0 aliphatic heterocycles. The zero-order chi connectivity index (χ0) is 33.6. The Balaban J connectivity index is 1.84. The summed E-state index contributed by atoms with van der Waals surface area (Å²) in [5.74, 6) is -4.63. The second-order valence-electron chi connectivity index (χ2n) is 10.6. The van der Waals surface area contributed by atoms with E-state index in [-0.39, 0.29) is 37.3 Å². The van der Waals surface area contributed by atoms with E-state index in [9.17, 15) is 44.4 Å². The van der Waals surface area contributed by atoms with E-state index in [1.807, 2.05) is 5.48 Å². The third-order valence-corrected chi connectivity index (χ3v) is 5.79. The number of carbonyl (C=O) groups is 5. The van der Waals surface area contributed by atoms with Gasteiger partial charge >= 0.3 is 6.09 Å². The van der Waals surface area contributed by atoms with Crippen molar-refractivity contribution >= 4 is 29.7 Å². The molecule has 0 aromatic heterocycles. The number of unbranched alkanes of at least 4 members (excludes halogenated alkanes) is 1. The first-order chi connectivity index (χ1) is 21.2. The largest absolute Gasteiger partial charge is 0.504 e. The van der Waals surface area contributed by atoms with E-state index in [1.54, 1.807) is 20.8 Å². The third-order valence-electron chi connectivity index (χ3n) is 5.79. The fraction of sp³-hybridized carbons (Fsp3) is 0.414. The SMILES string of the molecule is CC(C)(C)OC(=O)NOCC(=O)NCCNC(=O)CN(CCCCNC(=O)c1cccc(O)c1O)C(=O)c1cccc(O)c1O. The van der Waals surface area contributed by atoms with Crippen LogP contribution in [-0.2, 0) is 19.2 Å². The summed E-state index contributed by atoms with van der Waals surface area (Å²) in [6.07, 6.45) is -0.183. The molecular formula is C29H39N5O11. The van der Waals surface area contributed by atoms with Crippen LogP contribution in [0.15, 0.2) is 36.4 Å². The molecule has 0 spiro atoms. The predicted molar refractivity (Wildman–Crippen MR) is 158 cm³/mol. The Hall–Kier alpha value is -5.25. The number of carbonyl (C=O) groups excluding carboxylic acids is 5. The number of rotatable bonds is 15. The maximum Gasteiger partial charge on any atom is 0.431 e. The predicted octanol–water partition coefficient (Wildman–Crippen LogP) is 0.850. The minimum absolute atomic E-state index is 0.00259. The number of benzene rings is 2. The molecule has 0 saturated heterocycles. The van der Waals surface area contributed by atoms with Crippen LogP contribution in [-0.4, -0.2) is 100.0 Å². The number of nitrogens with zero attached hydrogens (tertiary/aromatic N) is 1. The van der Waals surface area contributed by atoms with Gasteiger partial charge in [0.05, 0.1) is 17.7 Å². The normalized spacial score (nSPS) is 10.8. The van der Waals surface area contributed by atoms with Gasteiger partial charge < -0.3 is 46.0 Å². The van der Waals surface area contributed by atoms with Gasteiger partial charge in [0.15, 0.2) is 29.6 Å². The Morgan fingerprint density at radius 3 is 1.96 bits per heavy atom. The van der Waals surface area contributed by atoms with Gasteiger partial charge in [0.25, 0.3) is 11.8 Å². The van der Waals surface area contributed by atoms with Crippen molar-refractivity contribution < 1.29 is 54.0 Å². The lowest BCUT2D eigenvalue weighted by Crippen LogP contribution is -2.44. The van der Waals surface area contributed by atoms with Crippen LogP contribution in [0.5, 0.6) is 23.0 Å². The molecule has 0 fully saturated rings. The molecule has 16 heteroatoms. The molecular weight excluding hydrogens is 594 g/mol. The van der Waals surface area contributed by atoms with E-state index in [0.717, 1.165) is 4.90 Å². The monoisotopic (exact) mass is 633 g/mol. The van der Waals surface area contributed by atoms with Gasteiger partial charge in [-0.15, -0.1) is 0 Å². The van der Waals surface area contributed by atoms with Crippen molar-refractivity contribution in [2.24, 2.45) is 0 Å². The lowest BCUT2D eigenvalue weighted by molar-refractivity contribution is -0.128. The molecule has 246 valence electrons. The highest BCUT2D eigenvalue weighted by Crippen LogP contribution is 2.29. The van der Waals surface area contributed by atoms with Crippen LogP contribution in [0.4, 0.5) is 4.79 Å². The number of hydroxylamine groups is 1. The summed E-state index contributed by atoms with van der Waals surface area (Å²) < 4.78 is 4.96. The maximum atomic E-state index is 13.2. The fourth-order valence-corrected chi connectivity index (χ4v) is 3.71. The number of phenolic OH excluding ortho intramolecular Hbond substituents is 4. The molecule has 0 heterocycles. The van der Waals surface area contributed by atoms with E-state index < -0.39 is 71.5 Å². The number of amides is 5. The molecule has 5 amide bonds. The van der Waals surface area contributed by atoms with Crippen molar-refractivity contribution in [1.29, 1.82) is 0 Å². The quantitative estimate of drug-likeness (QED) is 0.0777. The van der Waals surface area contributed by atoms with Gasteiger partial charge in [-0.3, -0.25) is 24.0 Å². The molecule has 0 radical (unpaired) electrons. The first-order valence-corrected chi connectivity index (χ1v) is 13.9. The molecule has 16 nitrogen and oxygen atoms in total. The lowest BCUT2D eigenvalue weighted by atomic mass is 10.1. The fourth-order valence-electron chi connectivity index (χ4n) is 3.71. The molecule has 0 unspecified atom stereocenters. The second-order valence-corrected chi connectivity index (χ2v) is 10.6. The van der Waals surface area contributed by atoms with Crippen LogP contribution >= 0.6 is 0 Å². The zero-order valence-corrected chi connectivity index (χ0v) is 25.2. The Morgan fingerprint density at radius 1 is 0.756 bits per heavy atom. The second kappa shape index (κ2) is 17.1. The number of para-hydroxylation sites is 2. The average Bonchev–Trinajstić information content (AvgIpc) is 2.96. The number of nitrogens with one attached hydrogen (secondary N) is 4. The van der Waals surface area contributed by atoms with Crippen LogP contribution < -0.4 is 21.4 Å². The minimum Gasteiger partial charge on any atom is -0.504 e. The number of hydrogen-bond donors (Lipinski definition) is 8. The molecule has 0 atom stereocenters. The Labute approximate surface area is 259 Å². The summed E-state index contributed by atoms with van der Waals surface area (Å²) in [5.41, 5.74) is 0.903. The first-order valence-electron chi connectivity index (χ1n) is 13.9. The summed E-state index contributed by atoms with van der Waals surface area (Å²) in [6.45, 7) is 4.26. The van der Waals surface area contributed by atoms with Crippen molar-refractivity contribution in [3.63, 3.8) is 0 Å². The molecule has 0 saturated carbocycles. The Morgan fingerprint density at radius 2 is 1.33 bits per heavy atom. The van der Waals surface area contributed by atoms with Gasteiger partial charge in [0.2, 0.25) is 11.8 Å². The molecule has 2 aromatic rings. The number of aromatic hydroxyl groups is 4. The van der Waals surface area contributed by atoms with Crippen LogP contribution in [0, 0.1) is 0 Å². The van der Waals surface area contributed by atoms with Crippen molar-refractivity contribution in [3.8, 4) is 23.0 Å². The molecule has 0 aliphatic rings. The smallest absolute Gasteiger partial charge is 0.431 e. The lowest BCUT2D eigenvalue weighted by Gasteiger charge is -2.23. The maximum absolute atomic E-state index is 13.2.